The van der Waals surface area contributed by atoms with Crippen LogP contribution in [0.5, 0.6) is 5.75 Å². The summed E-state index contributed by atoms with van der Waals surface area (Å²) < 4.78 is 34.8. The van der Waals surface area contributed by atoms with Gasteiger partial charge >= 0.3 is 0 Å². The quantitative estimate of drug-likeness (QED) is 0.123. The standard InChI is InChI=1S/C35H30ClN3O4S/c1-26-16-21-31(36)22-33(26)39(44(41,42)32-13-6-3-7-14-32)24-27-17-19-29(20-18-27)35(40)38-37-23-30-12-8-9-15-34(30)43-25-28-10-4-2-5-11-28/h2-23H,24-25H2,1H3,(H,38,40)/b37-23-. The fourth-order valence-electron chi connectivity index (χ4n) is 4.48. The first-order valence-corrected chi connectivity index (χ1v) is 15.6. The van der Waals surface area contributed by atoms with Crippen molar-refractivity contribution in [3.05, 3.63) is 160 Å². The van der Waals surface area contributed by atoms with E-state index in [9.17, 15) is 13.2 Å². The molecule has 1 N–H and O–H groups in total. The maximum absolute atomic E-state index is 13.7. The van der Waals surface area contributed by atoms with Crippen molar-refractivity contribution in [2.75, 3.05) is 4.31 Å². The van der Waals surface area contributed by atoms with Crippen LogP contribution in [0.4, 0.5) is 5.69 Å². The zero-order valence-electron chi connectivity index (χ0n) is 23.9. The highest BCUT2D eigenvalue weighted by atomic mass is 35.5. The lowest BCUT2D eigenvalue weighted by Crippen LogP contribution is -2.31. The molecule has 222 valence electrons. The van der Waals surface area contributed by atoms with Crippen LogP contribution in [-0.4, -0.2) is 20.5 Å². The number of anilines is 1. The number of nitrogens with one attached hydrogen (secondary N) is 1. The molecule has 0 aliphatic heterocycles. The average Bonchev–Trinajstić information content (AvgIpc) is 3.05. The molecular formula is C35H30ClN3O4S. The molecule has 0 saturated heterocycles. The summed E-state index contributed by atoms with van der Waals surface area (Å²) in [7, 11) is -3.91. The first-order valence-electron chi connectivity index (χ1n) is 13.8. The highest BCUT2D eigenvalue weighted by molar-refractivity contribution is 7.92. The molecule has 0 aliphatic carbocycles. The smallest absolute Gasteiger partial charge is 0.271 e. The van der Waals surface area contributed by atoms with Gasteiger partial charge in [-0.15, -0.1) is 0 Å². The van der Waals surface area contributed by atoms with Crippen molar-refractivity contribution in [3.8, 4) is 5.75 Å². The molecule has 0 spiro atoms. The number of carbonyl (C=O) groups is 1. The number of amides is 1. The number of ether oxygens (including phenoxy) is 1. The van der Waals surface area contributed by atoms with Crippen molar-refractivity contribution < 1.29 is 17.9 Å². The van der Waals surface area contributed by atoms with E-state index in [1.54, 1.807) is 72.8 Å². The number of halogens is 1. The second-order valence-corrected chi connectivity index (χ2v) is 12.3. The maximum Gasteiger partial charge on any atom is 0.271 e. The maximum atomic E-state index is 13.7. The average molecular weight is 624 g/mol. The van der Waals surface area contributed by atoms with Gasteiger partial charge in [-0.2, -0.15) is 5.10 Å². The van der Waals surface area contributed by atoms with Crippen molar-refractivity contribution in [1.82, 2.24) is 5.43 Å². The summed E-state index contributed by atoms with van der Waals surface area (Å²) in [6.45, 7) is 2.28. The minimum atomic E-state index is -3.91. The third-order valence-electron chi connectivity index (χ3n) is 6.84. The van der Waals surface area contributed by atoms with E-state index in [4.69, 9.17) is 16.3 Å². The number of rotatable bonds is 11. The molecule has 0 heterocycles. The molecule has 0 radical (unpaired) electrons. The van der Waals surface area contributed by atoms with E-state index in [2.05, 4.69) is 10.5 Å². The molecule has 0 bridgehead atoms. The van der Waals surface area contributed by atoms with E-state index >= 15 is 0 Å². The largest absolute Gasteiger partial charge is 0.488 e. The van der Waals surface area contributed by atoms with Crippen LogP contribution in [0.1, 0.15) is 32.6 Å². The predicted octanol–water partition coefficient (Wildman–Crippen LogP) is 7.39. The third-order valence-corrected chi connectivity index (χ3v) is 8.85. The second kappa shape index (κ2) is 14.0. The SMILES string of the molecule is Cc1ccc(Cl)cc1N(Cc1ccc(C(=O)N/N=C\c2ccccc2OCc2ccccc2)cc1)S(=O)(=O)c1ccccc1. The molecular weight excluding hydrogens is 594 g/mol. The van der Waals surface area contributed by atoms with Crippen LogP contribution in [-0.2, 0) is 23.2 Å². The molecule has 44 heavy (non-hydrogen) atoms. The van der Waals surface area contributed by atoms with Gasteiger partial charge in [0.1, 0.15) is 12.4 Å². The van der Waals surface area contributed by atoms with Crippen LogP contribution < -0.4 is 14.5 Å². The van der Waals surface area contributed by atoms with Gasteiger partial charge in [-0.05, 0) is 72.1 Å². The Balaban J connectivity index is 1.29. The number of aryl methyl sites for hydroxylation is 1. The molecule has 0 saturated carbocycles. The van der Waals surface area contributed by atoms with Crippen molar-refractivity contribution in [2.24, 2.45) is 5.10 Å². The van der Waals surface area contributed by atoms with E-state index in [0.717, 1.165) is 16.7 Å². The number of hydrazone groups is 1. The molecule has 0 fully saturated rings. The number of sulfonamides is 1. The lowest BCUT2D eigenvalue weighted by molar-refractivity contribution is 0.0955. The second-order valence-electron chi connectivity index (χ2n) is 9.96. The Morgan fingerprint density at radius 2 is 1.50 bits per heavy atom. The Kier molecular flexibility index (Phi) is 9.74. The van der Waals surface area contributed by atoms with Gasteiger partial charge in [0.2, 0.25) is 0 Å². The van der Waals surface area contributed by atoms with Gasteiger partial charge < -0.3 is 4.74 Å². The van der Waals surface area contributed by atoms with Gasteiger partial charge in [-0.1, -0.05) is 90.5 Å². The Morgan fingerprint density at radius 3 is 2.23 bits per heavy atom. The minimum Gasteiger partial charge on any atom is -0.488 e. The molecule has 5 aromatic rings. The monoisotopic (exact) mass is 623 g/mol. The highest BCUT2D eigenvalue weighted by Gasteiger charge is 2.26. The number of nitrogens with zero attached hydrogens (tertiary/aromatic N) is 2. The van der Waals surface area contributed by atoms with E-state index < -0.39 is 15.9 Å². The summed E-state index contributed by atoms with van der Waals surface area (Å²) in [5.74, 6) is 0.235. The fourth-order valence-corrected chi connectivity index (χ4v) is 6.17. The molecule has 9 heteroatoms. The summed E-state index contributed by atoms with van der Waals surface area (Å²) >= 11 is 6.26. The van der Waals surface area contributed by atoms with Gasteiger partial charge in [0, 0.05) is 16.1 Å². The van der Waals surface area contributed by atoms with E-state index in [-0.39, 0.29) is 11.4 Å². The zero-order valence-corrected chi connectivity index (χ0v) is 25.5. The normalized spacial score (nSPS) is 11.3. The van der Waals surface area contributed by atoms with Crippen molar-refractivity contribution in [1.29, 1.82) is 0 Å². The molecule has 0 atom stereocenters. The van der Waals surface area contributed by atoms with E-state index in [0.29, 0.717) is 34.2 Å². The van der Waals surface area contributed by atoms with E-state index in [1.165, 1.54) is 10.5 Å². The molecule has 1 amide bonds. The van der Waals surface area contributed by atoms with Gasteiger partial charge in [0.15, 0.2) is 0 Å². The molecule has 0 unspecified atom stereocenters. The summed E-state index contributed by atoms with van der Waals surface area (Å²) in [4.78, 5) is 13.0. The van der Waals surface area contributed by atoms with Gasteiger partial charge in [-0.25, -0.2) is 13.8 Å². The lowest BCUT2D eigenvalue weighted by Gasteiger charge is -2.26. The van der Waals surface area contributed by atoms with E-state index in [1.807, 2.05) is 61.5 Å². The zero-order chi connectivity index (χ0) is 30.9. The van der Waals surface area contributed by atoms with Crippen molar-refractivity contribution in [2.45, 2.75) is 25.0 Å². The molecule has 7 nitrogen and oxygen atoms in total. The molecule has 0 aliphatic rings. The predicted molar refractivity (Wildman–Crippen MR) is 175 cm³/mol. The van der Waals surface area contributed by atoms with Crippen molar-refractivity contribution in [3.63, 3.8) is 0 Å². The number of benzene rings is 5. The highest BCUT2D eigenvalue weighted by Crippen LogP contribution is 2.31. The van der Waals surface area contributed by atoms with Gasteiger partial charge in [0.25, 0.3) is 15.9 Å². The Bertz CT molecular complexity index is 1860. The first kappa shape index (κ1) is 30.5. The van der Waals surface area contributed by atoms with Gasteiger partial charge in [0.05, 0.1) is 23.3 Å². The Labute approximate surface area is 262 Å². The Hall–Kier alpha value is -4.92. The summed E-state index contributed by atoms with van der Waals surface area (Å²) in [6.07, 6.45) is 1.53. The molecule has 0 aromatic heterocycles. The number of hydrogen-bond donors (Lipinski definition) is 1. The van der Waals surface area contributed by atoms with Crippen LogP contribution in [0.25, 0.3) is 0 Å². The van der Waals surface area contributed by atoms with Gasteiger partial charge in [-0.3, -0.25) is 9.10 Å². The summed E-state index contributed by atoms with van der Waals surface area (Å²) in [5, 5.41) is 4.55. The minimum absolute atomic E-state index is 0.0399. The molecule has 5 aromatic carbocycles. The number of hydrogen-bond acceptors (Lipinski definition) is 5. The fraction of sp³-hybridized carbons (Fsp3) is 0.0857. The van der Waals surface area contributed by atoms with Crippen LogP contribution in [0.3, 0.4) is 0 Å². The lowest BCUT2D eigenvalue weighted by atomic mass is 10.1. The third kappa shape index (κ3) is 7.53. The van der Waals surface area contributed by atoms with Crippen LogP contribution in [0.15, 0.2) is 137 Å². The topological polar surface area (TPSA) is 88.1 Å². The summed E-state index contributed by atoms with van der Waals surface area (Å²) in [6, 6.07) is 37.4. The van der Waals surface area contributed by atoms with Crippen LogP contribution in [0.2, 0.25) is 5.02 Å². The Morgan fingerprint density at radius 1 is 0.841 bits per heavy atom. The van der Waals surface area contributed by atoms with Crippen LogP contribution >= 0.6 is 11.6 Å². The molecule has 5 rings (SSSR count). The van der Waals surface area contributed by atoms with Crippen molar-refractivity contribution >= 4 is 39.4 Å². The van der Waals surface area contributed by atoms with Crippen LogP contribution in [0, 0.1) is 6.92 Å². The summed E-state index contributed by atoms with van der Waals surface area (Å²) in [5.41, 5.74) is 6.60. The first-order chi connectivity index (χ1) is 21.3. The number of para-hydroxylation sites is 1. The number of carbonyl (C=O) groups excluding carboxylic acids is 1.